The van der Waals surface area contributed by atoms with Crippen molar-refractivity contribution in [1.29, 1.82) is 0 Å². The number of nitrogens with one attached hydrogen (secondary N) is 1. The van der Waals surface area contributed by atoms with E-state index in [2.05, 4.69) is 5.32 Å². The van der Waals surface area contributed by atoms with Gasteiger partial charge in [-0.05, 0) is 49.2 Å². The van der Waals surface area contributed by atoms with E-state index in [9.17, 15) is 9.59 Å². The number of amides is 1. The molecule has 0 spiro atoms. The third-order valence-corrected chi connectivity index (χ3v) is 3.41. The SMILES string of the molecule is CCCOc1ccc(OC(=O)CCCNC(=O)c2ccccc2)cc1. The zero-order valence-electron chi connectivity index (χ0n) is 14.4. The van der Waals surface area contributed by atoms with Crippen LogP contribution in [0.2, 0.25) is 0 Å². The molecule has 0 radical (unpaired) electrons. The Balaban J connectivity index is 1.66. The largest absolute Gasteiger partial charge is 0.494 e. The number of rotatable bonds is 9. The first-order chi connectivity index (χ1) is 12.2. The highest BCUT2D eigenvalue weighted by molar-refractivity contribution is 5.94. The minimum Gasteiger partial charge on any atom is -0.494 e. The molecule has 5 nitrogen and oxygen atoms in total. The maximum Gasteiger partial charge on any atom is 0.311 e. The highest BCUT2D eigenvalue weighted by Gasteiger charge is 2.07. The van der Waals surface area contributed by atoms with Gasteiger partial charge in [-0.1, -0.05) is 25.1 Å². The Bertz CT molecular complexity index is 668. The van der Waals surface area contributed by atoms with E-state index in [1.165, 1.54) is 0 Å². The summed E-state index contributed by atoms with van der Waals surface area (Å²) in [6, 6.07) is 15.9. The molecule has 0 aliphatic carbocycles. The average molecular weight is 341 g/mol. The van der Waals surface area contributed by atoms with E-state index < -0.39 is 0 Å². The second-order valence-electron chi connectivity index (χ2n) is 5.52. The van der Waals surface area contributed by atoms with Gasteiger partial charge in [0.05, 0.1) is 6.61 Å². The van der Waals surface area contributed by atoms with Gasteiger partial charge in [0.25, 0.3) is 5.91 Å². The van der Waals surface area contributed by atoms with Crippen molar-refractivity contribution in [2.75, 3.05) is 13.2 Å². The molecular weight excluding hydrogens is 318 g/mol. The predicted octanol–water partition coefficient (Wildman–Crippen LogP) is 3.59. The molecule has 0 bridgehead atoms. The molecule has 2 aromatic rings. The van der Waals surface area contributed by atoms with Crippen LogP contribution in [0.1, 0.15) is 36.5 Å². The molecule has 0 aromatic heterocycles. The molecule has 0 unspecified atom stereocenters. The van der Waals surface area contributed by atoms with Gasteiger partial charge in [-0.2, -0.15) is 0 Å². The summed E-state index contributed by atoms with van der Waals surface area (Å²) in [5.41, 5.74) is 0.607. The van der Waals surface area contributed by atoms with E-state index in [4.69, 9.17) is 9.47 Å². The summed E-state index contributed by atoms with van der Waals surface area (Å²) in [5.74, 6) is 0.778. The van der Waals surface area contributed by atoms with Crippen LogP contribution in [0.4, 0.5) is 0 Å². The van der Waals surface area contributed by atoms with Crippen LogP contribution in [0, 0.1) is 0 Å². The van der Waals surface area contributed by atoms with Gasteiger partial charge >= 0.3 is 5.97 Å². The van der Waals surface area contributed by atoms with Crippen molar-refractivity contribution in [3.8, 4) is 11.5 Å². The zero-order valence-corrected chi connectivity index (χ0v) is 14.4. The Morgan fingerprint density at radius 3 is 2.32 bits per heavy atom. The Morgan fingerprint density at radius 2 is 1.64 bits per heavy atom. The summed E-state index contributed by atoms with van der Waals surface area (Å²) in [4.78, 5) is 23.7. The first kappa shape index (κ1) is 18.5. The van der Waals surface area contributed by atoms with Gasteiger partial charge in [0.2, 0.25) is 0 Å². The second kappa shape index (κ2) is 10.1. The summed E-state index contributed by atoms with van der Waals surface area (Å²) in [6.45, 7) is 3.12. The highest BCUT2D eigenvalue weighted by Crippen LogP contribution is 2.18. The van der Waals surface area contributed by atoms with Crippen LogP contribution in [0.3, 0.4) is 0 Å². The number of esters is 1. The Morgan fingerprint density at radius 1 is 0.960 bits per heavy atom. The second-order valence-corrected chi connectivity index (χ2v) is 5.52. The van der Waals surface area contributed by atoms with Gasteiger partial charge in [0.1, 0.15) is 11.5 Å². The third kappa shape index (κ3) is 6.67. The van der Waals surface area contributed by atoms with Crippen LogP contribution in [0.15, 0.2) is 54.6 Å². The summed E-state index contributed by atoms with van der Waals surface area (Å²) in [5, 5.41) is 2.78. The van der Waals surface area contributed by atoms with Crippen LogP contribution in [-0.4, -0.2) is 25.0 Å². The number of hydrogen-bond donors (Lipinski definition) is 1. The molecule has 2 aromatic carbocycles. The maximum absolute atomic E-state index is 11.8. The zero-order chi connectivity index (χ0) is 17.9. The molecular formula is C20H23NO4. The monoisotopic (exact) mass is 341 g/mol. The van der Waals surface area contributed by atoms with Crippen molar-refractivity contribution in [2.45, 2.75) is 26.2 Å². The van der Waals surface area contributed by atoms with Crippen LogP contribution in [-0.2, 0) is 4.79 Å². The van der Waals surface area contributed by atoms with Crippen LogP contribution in [0.5, 0.6) is 11.5 Å². The molecule has 1 amide bonds. The lowest BCUT2D eigenvalue weighted by Crippen LogP contribution is -2.25. The maximum atomic E-state index is 11.8. The average Bonchev–Trinajstić information content (AvgIpc) is 2.65. The minimum atomic E-state index is -0.323. The lowest BCUT2D eigenvalue weighted by molar-refractivity contribution is -0.134. The Hall–Kier alpha value is -2.82. The van der Waals surface area contributed by atoms with Crippen molar-refractivity contribution >= 4 is 11.9 Å². The summed E-state index contributed by atoms with van der Waals surface area (Å²) < 4.78 is 10.7. The van der Waals surface area contributed by atoms with Gasteiger partial charge in [0.15, 0.2) is 0 Å². The van der Waals surface area contributed by atoms with Crippen LogP contribution in [0.25, 0.3) is 0 Å². The van der Waals surface area contributed by atoms with E-state index in [0.717, 1.165) is 12.2 Å². The molecule has 0 aliphatic rings. The number of carbonyl (C=O) groups is 2. The van der Waals surface area contributed by atoms with Gasteiger partial charge in [-0.3, -0.25) is 9.59 Å². The lowest BCUT2D eigenvalue weighted by Gasteiger charge is -2.07. The molecule has 0 saturated carbocycles. The molecule has 0 aliphatic heterocycles. The molecule has 5 heteroatoms. The predicted molar refractivity (Wildman–Crippen MR) is 95.9 cm³/mol. The minimum absolute atomic E-state index is 0.142. The first-order valence-electron chi connectivity index (χ1n) is 8.46. The van der Waals surface area contributed by atoms with Gasteiger partial charge in [-0.15, -0.1) is 0 Å². The third-order valence-electron chi connectivity index (χ3n) is 3.41. The molecule has 1 N–H and O–H groups in total. The molecule has 2 rings (SSSR count). The number of benzene rings is 2. The topological polar surface area (TPSA) is 64.6 Å². The van der Waals surface area contributed by atoms with E-state index in [0.29, 0.717) is 30.9 Å². The molecule has 0 saturated heterocycles. The molecule has 132 valence electrons. The molecule has 0 atom stereocenters. The van der Waals surface area contributed by atoms with E-state index >= 15 is 0 Å². The normalized spacial score (nSPS) is 10.1. The van der Waals surface area contributed by atoms with E-state index in [1.807, 2.05) is 25.1 Å². The van der Waals surface area contributed by atoms with E-state index in [1.54, 1.807) is 36.4 Å². The fraction of sp³-hybridized carbons (Fsp3) is 0.300. The fourth-order valence-corrected chi connectivity index (χ4v) is 2.13. The first-order valence-corrected chi connectivity index (χ1v) is 8.46. The van der Waals surface area contributed by atoms with Crippen molar-refractivity contribution in [2.24, 2.45) is 0 Å². The van der Waals surface area contributed by atoms with Crippen LogP contribution < -0.4 is 14.8 Å². The highest BCUT2D eigenvalue weighted by atomic mass is 16.5. The van der Waals surface area contributed by atoms with Crippen molar-refractivity contribution in [3.05, 3.63) is 60.2 Å². The standard InChI is InChI=1S/C20H23NO4/c1-2-15-24-17-10-12-18(13-11-17)25-19(22)9-6-14-21-20(23)16-7-4-3-5-8-16/h3-5,7-8,10-13H,2,6,9,14-15H2,1H3,(H,21,23). The summed E-state index contributed by atoms with van der Waals surface area (Å²) >= 11 is 0. The smallest absolute Gasteiger partial charge is 0.311 e. The number of carbonyl (C=O) groups excluding carboxylic acids is 2. The van der Waals surface area contributed by atoms with Gasteiger partial charge in [0, 0.05) is 18.5 Å². The van der Waals surface area contributed by atoms with Crippen molar-refractivity contribution < 1.29 is 19.1 Å². The Kier molecular flexibility index (Phi) is 7.50. The molecule has 0 fully saturated rings. The van der Waals surface area contributed by atoms with Gasteiger partial charge in [-0.25, -0.2) is 0 Å². The Labute approximate surface area is 148 Å². The van der Waals surface area contributed by atoms with E-state index in [-0.39, 0.29) is 18.3 Å². The number of ether oxygens (including phenoxy) is 2. The fourth-order valence-electron chi connectivity index (χ4n) is 2.13. The van der Waals surface area contributed by atoms with Crippen molar-refractivity contribution in [3.63, 3.8) is 0 Å². The lowest BCUT2D eigenvalue weighted by atomic mass is 10.2. The number of hydrogen-bond acceptors (Lipinski definition) is 4. The quantitative estimate of drug-likeness (QED) is 0.430. The molecule has 0 heterocycles. The van der Waals surface area contributed by atoms with Gasteiger partial charge < -0.3 is 14.8 Å². The summed E-state index contributed by atoms with van der Waals surface area (Å²) in [6.07, 6.45) is 1.70. The van der Waals surface area contributed by atoms with Crippen molar-refractivity contribution in [1.82, 2.24) is 5.32 Å². The molecule has 25 heavy (non-hydrogen) atoms. The summed E-state index contributed by atoms with van der Waals surface area (Å²) in [7, 11) is 0. The van der Waals surface area contributed by atoms with Crippen LogP contribution >= 0.6 is 0 Å².